The van der Waals surface area contributed by atoms with E-state index in [1.165, 1.54) is 0 Å². The molecular weight excluding hydrogens is 242 g/mol. The number of rotatable bonds is 3. The highest BCUT2D eigenvalue weighted by molar-refractivity contribution is 6.02. The summed E-state index contributed by atoms with van der Waals surface area (Å²) < 4.78 is 0. The Hall–Kier alpha value is -2.35. The van der Waals surface area contributed by atoms with Crippen molar-refractivity contribution in [2.75, 3.05) is 17.3 Å². The van der Waals surface area contributed by atoms with E-state index in [0.29, 0.717) is 18.5 Å². The highest BCUT2D eigenvalue weighted by Crippen LogP contribution is 2.30. The lowest BCUT2D eigenvalue weighted by atomic mass is 10.1. The number of carbonyl (C=O) groups is 2. The van der Waals surface area contributed by atoms with E-state index < -0.39 is 5.92 Å². The van der Waals surface area contributed by atoms with E-state index in [4.69, 9.17) is 5.26 Å². The fraction of sp³-hybridized carbons (Fsp3) is 0.357. The molecule has 1 heterocycles. The minimum atomic E-state index is -0.641. The fourth-order valence-electron chi connectivity index (χ4n) is 2.11. The van der Waals surface area contributed by atoms with Crippen molar-refractivity contribution in [1.82, 2.24) is 0 Å². The van der Waals surface area contributed by atoms with Crippen LogP contribution in [-0.4, -0.2) is 18.9 Å². The first-order chi connectivity index (χ1) is 9.06. The summed E-state index contributed by atoms with van der Waals surface area (Å²) in [5.74, 6) is -0.901. The topological polar surface area (TPSA) is 73.2 Å². The summed E-state index contributed by atoms with van der Waals surface area (Å²) in [5, 5.41) is 11.5. The minimum absolute atomic E-state index is 0.0435. The number of carbonyl (C=O) groups excluding carboxylic acids is 2. The molecule has 1 unspecified atom stereocenters. The van der Waals surface area contributed by atoms with Crippen LogP contribution in [0.15, 0.2) is 18.2 Å². The summed E-state index contributed by atoms with van der Waals surface area (Å²) in [6, 6.07) is 7.31. The predicted octanol–water partition coefficient (Wildman–Crippen LogP) is 1.69. The summed E-state index contributed by atoms with van der Waals surface area (Å²) in [7, 11) is 1.73. The zero-order valence-electron chi connectivity index (χ0n) is 10.9. The van der Waals surface area contributed by atoms with E-state index in [9.17, 15) is 9.59 Å². The smallest absolute Gasteiger partial charge is 0.241 e. The van der Waals surface area contributed by atoms with E-state index in [1.807, 2.05) is 12.1 Å². The maximum atomic E-state index is 11.8. The third kappa shape index (κ3) is 2.43. The summed E-state index contributed by atoms with van der Waals surface area (Å²) in [5.41, 5.74) is 2.39. The van der Waals surface area contributed by atoms with Gasteiger partial charge in [-0.05, 0) is 30.2 Å². The highest BCUT2D eigenvalue weighted by Gasteiger charge is 2.24. The Morgan fingerprint density at radius 3 is 2.95 bits per heavy atom. The Labute approximate surface area is 111 Å². The number of anilines is 2. The van der Waals surface area contributed by atoms with Crippen LogP contribution in [-0.2, 0) is 16.0 Å². The Morgan fingerprint density at radius 1 is 1.58 bits per heavy atom. The molecule has 1 aliphatic rings. The van der Waals surface area contributed by atoms with Crippen LogP contribution in [0.25, 0.3) is 0 Å². The fourth-order valence-corrected chi connectivity index (χ4v) is 2.11. The van der Waals surface area contributed by atoms with Gasteiger partial charge < -0.3 is 10.2 Å². The van der Waals surface area contributed by atoms with Crippen molar-refractivity contribution in [3.63, 3.8) is 0 Å². The number of nitrogens with zero attached hydrogens (tertiary/aromatic N) is 2. The molecule has 5 heteroatoms. The van der Waals surface area contributed by atoms with E-state index >= 15 is 0 Å². The molecule has 0 radical (unpaired) electrons. The van der Waals surface area contributed by atoms with Crippen molar-refractivity contribution < 1.29 is 9.59 Å². The van der Waals surface area contributed by atoms with Crippen molar-refractivity contribution in [2.24, 2.45) is 5.92 Å². The van der Waals surface area contributed by atoms with Crippen LogP contribution in [0.1, 0.15) is 18.9 Å². The van der Waals surface area contributed by atoms with Gasteiger partial charge in [0.05, 0.1) is 12.5 Å². The van der Waals surface area contributed by atoms with Gasteiger partial charge >= 0.3 is 0 Å². The van der Waals surface area contributed by atoms with Crippen molar-refractivity contribution in [3.05, 3.63) is 23.8 Å². The minimum Gasteiger partial charge on any atom is -0.325 e. The highest BCUT2D eigenvalue weighted by atomic mass is 16.2. The van der Waals surface area contributed by atoms with Crippen LogP contribution >= 0.6 is 0 Å². The van der Waals surface area contributed by atoms with E-state index in [1.54, 1.807) is 31.0 Å². The molecule has 2 amide bonds. The van der Waals surface area contributed by atoms with Crippen LogP contribution in [0.4, 0.5) is 11.4 Å². The molecule has 0 saturated heterocycles. The summed E-state index contributed by atoms with van der Waals surface area (Å²) in [6.45, 7) is 1.80. The average molecular weight is 257 g/mol. The second-order valence-electron chi connectivity index (χ2n) is 4.55. The second kappa shape index (κ2) is 5.11. The van der Waals surface area contributed by atoms with Gasteiger partial charge in [0, 0.05) is 18.4 Å². The third-order valence-electron chi connectivity index (χ3n) is 3.30. The molecule has 0 spiro atoms. The lowest BCUT2D eigenvalue weighted by molar-refractivity contribution is -0.118. The molecule has 1 aliphatic heterocycles. The van der Waals surface area contributed by atoms with E-state index in [0.717, 1.165) is 11.3 Å². The maximum absolute atomic E-state index is 11.8. The van der Waals surface area contributed by atoms with Crippen LogP contribution in [0.2, 0.25) is 0 Å². The average Bonchev–Trinajstić information content (AvgIpc) is 2.66. The van der Waals surface area contributed by atoms with E-state index in [2.05, 4.69) is 5.32 Å². The molecule has 0 aromatic heterocycles. The first kappa shape index (κ1) is 13.1. The molecule has 0 fully saturated rings. The van der Waals surface area contributed by atoms with Gasteiger partial charge in [-0.3, -0.25) is 9.59 Å². The molecule has 0 bridgehead atoms. The molecule has 5 nitrogen and oxygen atoms in total. The van der Waals surface area contributed by atoms with Crippen molar-refractivity contribution >= 4 is 23.2 Å². The molecule has 1 aromatic rings. The molecular formula is C14H15N3O2. The number of hydrogen-bond donors (Lipinski definition) is 1. The van der Waals surface area contributed by atoms with Crippen LogP contribution in [0.3, 0.4) is 0 Å². The predicted molar refractivity (Wildman–Crippen MR) is 71.6 cm³/mol. The number of nitrogens with one attached hydrogen (secondary N) is 1. The van der Waals surface area contributed by atoms with Gasteiger partial charge in [0.2, 0.25) is 11.8 Å². The third-order valence-corrected chi connectivity index (χ3v) is 3.30. The zero-order valence-corrected chi connectivity index (χ0v) is 10.9. The normalized spacial score (nSPS) is 14.8. The lowest BCUT2D eigenvalue weighted by Gasteiger charge is -2.12. The van der Waals surface area contributed by atoms with Gasteiger partial charge in [-0.15, -0.1) is 0 Å². The standard InChI is InChI=1S/C14H15N3O2/c1-3-9(8-15)14(19)16-11-4-5-12-10(6-11)7-13(18)17(12)2/h4-6,9H,3,7H2,1-2H3,(H,16,19). The lowest BCUT2D eigenvalue weighted by Crippen LogP contribution is -2.21. The summed E-state index contributed by atoms with van der Waals surface area (Å²) in [4.78, 5) is 25.0. The van der Waals surface area contributed by atoms with Crippen LogP contribution < -0.4 is 10.2 Å². The number of likely N-dealkylation sites (N-methyl/N-ethyl adjacent to an activating group) is 1. The van der Waals surface area contributed by atoms with Gasteiger partial charge in [0.1, 0.15) is 5.92 Å². The number of hydrogen-bond acceptors (Lipinski definition) is 3. The van der Waals surface area contributed by atoms with Crippen molar-refractivity contribution in [3.8, 4) is 6.07 Å². The Bertz CT molecular complexity index is 575. The van der Waals surface area contributed by atoms with Crippen LogP contribution in [0, 0.1) is 17.2 Å². The number of benzene rings is 1. The molecule has 19 heavy (non-hydrogen) atoms. The number of fused-ring (bicyclic) bond motifs is 1. The molecule has 1 aromatic carbocycles. The first-order valence-corrected chi connectivity index (χ1v) is 6.16. The Balaban J connectivity index is 2.17. The van der Waals surface area contributed by atoms with Crippen LogP contribution in [0.5, 0.6) is 0 Å². The second-order valence-corrected chi connectivity index (χ2v) is 4.55. The van der Waals surface area contributed by atoms with Crippen molar-refractivity contribution in [1.29, 1.82) is 5.26 Å². The molecule has 2 rings (SSSR count). The van der Waals surface area contributed by atoms with Gasteiger partial charge in [-0.2, -0.15) is 5.26 Å². The molecule has 1 atom stereocenters. The monoisotopic (exact) mass is 257 g/mol. The summed E-state index contributed by atoms with van der Waals surface area (Å²) in [6.07, 6.45) is 0.833. The van der Waals surface area contributed by atoms with E-state index in [-0.39, 0.29) is 11.8 Å². The quantitative estimate of drug-likeness (QED) is 0.895. The first-order valence-electron chi connectivity index (χ1n) is 6.16. The van der Waals surface area contributed by atoms with Gasteiger partial charge in [-0.1, -0.05) is 6.92 Å². The summed E-state index contributed by atoms with van der Waals surface area (Å²) >= 11 is 0. The molecule has 0 aliphatic carbocycles. The van der Waals surface area contributed by atoms with Gasteiger partial charge in [0.25, 0.3) is 0 Å². The molecule has 0 saturated carbocycles. The Kier molecular flexibility index (Phi) is 3.52. The zero-order chi connectivity index (χ0) is 14.0. The number of nitriles is 1. The molecule has 98 valence electrons. The Morgan fingerprint density at radius 2 is 2.32 bits per heavy atom. The largest absolute Gasteiger partial charge is 0.325 e. The number of amides is 2. The van der Waals surface area contributed by atoms with Crippen molar-refractivity contribution in [2.45, 2.75) is 19.8 Å². The maximum Gasteiger partial charge on any atom is 0.241 e. The van der Waals surface area contributed by atoms with Gasteiger partial charge in [0.15, 0.2) is 0 Å². The SMILES string of the molecule is CCC(C#N)C(=O)Nc1ccc2c(c1)CC(=O)N2C. The van der Waals surface area contributed by atoms with Gasteiger partial charge in [-0.25, -0.2) is 0 Å². The molecule has 1 N–H and O–H groups in total.